The van der Waals surface area contributed by atoms with Gasteiger partial charge in [0.05, 0.1) is 17.5 Å². The lowest BCUT2D eigenvalue weighted by molar-refractivity contribution is -0.123. The summed E-state index contributed by atoms with van der Waals surface area (Å²) < 4.78 is 33.3. The molecule has 2 aromatic carbocycles. The Kier molecular flexibility index (Phi) is 6.64. The van der Waals surface area contributed by atoms with Crippen LogP contribution in [0, 0.1) is 6.92 Å². The summed E-state index contributed by atoms with van der Waals surface area (Å²) in [6.45, 7) is 6.05. The molecular weight excluding hydrogens is 426 g/mol. The number of nitrogens with one attached hydrogen (secondary N) is 1. The molecule has 1 amide bonds. The molecule has 7 nitrogen and oxygen atoms in total. The summed E-state index contributed by atoms with van der Waals surface area (Å²) in [7, 11) is -3.53. The van der Waals surface area contributed by atoms with Crippen molar-refractivity contribution in [3.63, 3.8) is 0 Å². The molecule has 1 fully saturated rings. The number of rotatable bonds is 6. The Labute approximate surface area is 189 Å². The van der Waals surface area contributed by atoms with E-state index in [4.69, 9.17) is 4.42 Å². The first kappa shape index (κ1) is 22.5. The van der Waals surface area contributed by atoms with Crippen LogP contribution in [0.1, 0.15) is 30.7 Å². The van der Waals surface area contributed by atoms with Gasteiger partial charge in [0.15, 0.2) is 0 Å². The van der Waals surface area contributed by atoms with E-state index in [0.29, 0.717) is 43.3 Å². The Morgan fingerprint density at radius 1 is 1.06 bits per heavy atom. The molecule has 4 rings (SSSR count). The molecule has 1 atom stereocenters. The Balaban J connectivity index is 1.33. The van der Waals surface area contributed by atoms with E-state index in [1.807, 2.05) is 61.2 Å². The molecule has 170 valence electrons. The van der Waals surface area contributed by atoms with Crippen molar-refractivity contribution in [3.05, 3.63) is 65.9 Å². The SMILES string of the molecule is Cc1ccc(S(=O)(=O)N2CCCN(CC(=O)NC(C)c3cc4ccccc4o3)CC2)cc1. The van der Waals surface area contributed by atoms with Crippen molar-refractivity contribution in [2.24, 2.45) is 0 Å². The van der Waals surface area contributed by atoms with E-state index in [1.165, 1.54) is 4.31 Å². The first-order chi connectivity index (χ1) is 15.3. The fourth-order valence-electron chi connectivity index (χ4n) is 3.98. The number of amides is 1. The minimum atomic E-state index is -3.53. The largest absolute Gasteiger partial charge is 0.459 e. The van der Waals surface area contributed by atoms with Gasteiger partial charge in [-0.15, -0.1) is 0 Å². The van der Waals surface area contributed by atoms with E-state index in [9.17, 15) is 13.2 Å². The highest BCUT2D eigenvalue weighted by molar-refractivity contribution is 7.89. The molecule has 2 heterocycles. The number of carbonyl (C=O) groups is 1. The number of furan rings is 1. The fourth-order valence-corrected chi connectivity index (χ4v) is 5.45. The van der Waals surface area contributed by atoms with E-state index in [0.717, 1.165) is 16.5 Å². The Bertz CT molecular complexity index is 1150. The lowest BCUT2D eigenvalue weighted by Crippen LogP contribution is -2.40. The minimum Gasteiger partial charge on any atom is -0.459 e. The van der Waals surface area contributed by atoms with E-state index in [-0.39, 0.29) is 18.5 Å². The lowest BCUT2D eigenvalue weighted by Gasteiger charge is -2.22. The van der Waals surface area contributed by atoms with Crippen LogP contribution < -0.4 is 5.32 Å². The van der Waals surface area contributed by atoms with Crippen molar-refractivity contribution in [2.45, 2.75) is 31.2 Å². The lowest BCUT2D eigenvalue weighted by atomic mass is 10.2. The van der Waals surface area contributed by atoms with Crippen LogP contribution >= 0.6 is 0 Å². The van der Waals surface area contributed by atoms with Crippen molar-refractivity contribution >= 4 is 26.9 Å². The molecule has 0 radical (unpaired) electrons. The van der Waals surface area contributed by atoms with Crippen LogP contribution in [0.3, 0.4) is 0 Å². The maximum Gasteiger partial charge on any atom is 0.243 e. The highest BCUT2D eigenvalue weighted by Gasteiger charge is 2.27. The predicted molar refractivity (Wildman–Crippen MR) is 124 cm³/mol. The Morgan fingerprint density at radius 2 is 1.81 bits per heavy atom. The third-order valence-corrected chi connectivity index (χ3v) is 7.74. The molecule has 3 aromatic rings. The molecule has 0 bridgehead atoms. The molecule has 0 spiro atoms. The summed E-state index contributed by atoms with van der Waals surface area (Å²) in [6.07, 6.45) is 0.678. The predicted octanol–water partition coefficient (Wildman–Crippen LogP) is 3.32. The number of hydrogen-bond acceptors (Lipinski definition) is 5. The quantitative estimate of drug-likeness (QED) is 0.617. The summed E-state index contributed by atoms with van der Waals surface area (Å²) in [5, 5.41) is 4.00. The number of carbonyl (C=O) groups excluding carboxylic acids is 1. The van der Waals surface area contributed by atoms with Gasteiger partial charge < -0.3 is 9.73 Å². The maximum absolute atomic E-state index is 13.0. The van der Waals surface area contributed by atoms with Crippen LogP contribution in [0.5, 0.6) is 0 Å². The van der Waals surface area contributed by atoms with E-state index in [1.54, 1.807) is 12.1 Å². The standard InChI is InChI=1S/C24H29N3O4S/c1-18-8-10-21(11-9-18)32(29,30)27-13-5-12-26(14-15-27)17-24(28)25-19(2)23-16-20-6-3-4-7-22(20)31-23/h3-4,6-11,16,19H,5,12-15,17H2,1-2H3,(H,25,28). The zero-order chi connectivity index (χ0) is 22.7. The zero-order valence-electron chi connectivity index (χ0n) is 18.5. The number of sulfonamides is 1. The highest BCUT2D eigenvalue weighted by atomic mass is 32.2. The highest BCUT2D eigenvalue weighted by Crippen LogP contribution is 2.23. The molecule has 1 aliphatic heterocycles. The number of hydrogen-bond donors (Lipinski definition) is 1. The molecule has 0 saturated carbocycles. The molecule has 1 aromatic heterocycles. The summed E-state index contributed by atoms with van der Waals surface area (Å²) in [4.78, 5) is 14.9. The monoisotopic (exact) mass is 455 g/mol. The van der Waals surface area contributed by atoms with Gasteiger partial charge in [-0.1, -0.05) is 35.9 Å². The number of fused-ring (bicyclic) bond motifs is 1. The topological polar surface area (TPSA) is 82.9 Å². The van der Waals surface area contributed by atoms with Crippen molar-refractivity contribution in [1.29, 1.82) is 0 Å². The summed E-state index contributed by atoms with van der Waals surface area (Å²) in [5.74, 6) is 0.610. The normalized spacial score (nSPS) is 17.2. The molecule has 8 heteroatoms. The number of nitrogens with zero attached hydrogens (tertiary/aromatic N) is 2. The number of para-hydroxylation sites is 1. The van der Waals surface area contributed by atoms with Gasteiger partial charge in [0.25, 0.3) is 0 Å². The second kappa shape index (κ2) is 9.44. The van der Waals surface area contributed by atoms with Crippen molar-refractivity contribution in [3.8, 4) is 0 Å². The second-order valence-corrected chi connectivity index (χ2v) is 10.3. The van der Waals surface area contributed by atoms with E-state index >= 15 is 0 Å². The molecule has 0 aliphatic carbocycles. The summed E-state index contributed by atoms with van der Waals surface area (Å²) in [6, 6.07) is 16.4. The molecule has 32 heavy (non-hydrogen) atoms. The summed E-state index contributed by atoms with van der Waals surface area (Å²) >= 11 is 0. The van der Waals surface area contributed by atoms with Crippen molar-refractivity contribution in [1.82, 2.24) is 14.5 Å². The van der Waals surface area contributed by atoms with Crippen molar-refractivity contribution < 1.29 is 17.6 Å². The van der Waals surface area contributed by atoms with Crippen molar-refractivity contribution in [2.75, 3.05) is 32.7 Å². The van der Waals surface area contributed by atoms with Gasteiger partial charge in [-0.25, -0.2) is 8.42 Å². The second-order valence-electron chi connectivity index (χ2n) is 8.32. The average Bonchev–Trinajstić information content (AvgIpc) is 3.06. The molecule has 1 unspecified atom stereocenters. The average molecular weight is 456 g/mol. The van der Waals surface area contributed by atoms with Crippen LogP contribution in [0.4, 0.5) is 0 Å². The zero-order valence-corrected chi connectivity index (χ0v) is 19.3. The van der Waals surface area contributed by atoms with Gasteiger partial charge in [0, 0.05) is 25.0 Å². The van der Waals surface area contributed by atoms with Crippen LogP contribution in [0.2, 0.25) is 0 Å². The van der Waals surface area contributed by atoms with Crippen LogP contribution in [0.15, 0.2) is 63.9 Å². The van der Waals surface area contributed by atoms with Gasteiger partial charge in [0.1, 0.15) is 11.3 Å². The fraction of sp³-hybridized carbons (Fsp3) is 0.375. The van der Waals surface area contributed by atoms with Gasteiger partial charge >= 0.3 is 0 Å². The van der Waals surface area contributed by atoms with Crippen LogP contribution in [-0.4, -0.2) is 56.3 Å². The third-order valence-electron chi connectivity index (χ3n) is 5.82. The van der Waals surface area contributed by atoms with Gasteiger partial charge in [-0.05, 0) is 51.1 Å². The summed E-state index contributed by atoms with van der Waals surface area (Å²) in [5.41, 5.74) is 1.82. The first-order valence-corrected chi connectivity index (χ1v) is 12.3. The molecule has 1 saturated heterocycles. The van der Waals surface area contributed by atoms with Crippen LogP contribution in [-0.2, 0) is 14.8 Å². The molecular formula is C24H29N3O4S. The Hall–Kier alpha value is -2.68. The van der Waals surface area contributed by atoms with Gasteiger partial charge in [-0.2, -0.15) is 4.31 Å². The number of aryl methyl sites for hydroxylation is 1. The maximum atomic E-state index is 13.0. The van der Waals surface area contributed by atoms with E-state index < -0.39 is 10.0 Å². The number of benzene rings is 2. The third kappa shape index (κ3) is 5.03. The van der Waals surface area contributed by atoms with E-state index in [2.05, 4.69) is 5.32 Å². The first-order valence-electron chi connectivity index (χ1n) is 10.9. The Morgan fingerprint density at radius 3 is 2.56 bits per heavy atom. The van der Waals surface area contributed by atoms with Crippen LogP contribution in [0.25, 0.3) is 11.0 Å². The molecule has 1 aliphatic rings. The molecule has 1 N–H and O–H groups in total. The minimum absolute atomic E-state index is 0.104. The smallest absolute Gasteiger partial charge is 0.243 e. The van der Waals surface area contributed by atoms with Gasteiger partial charge in [-0.3, -0.25) is 9.69 Å². The van der Waals surface area contributed by atoms with Gasteiger partial charge in [0.2, 0.25) is 15.9 Å².